The van der Waals surface area contributed by atoms with Gasteiger partial charge in [-0.25, -0.2) is 4.79 Å². The summed E-state index contributed by atoms with van der Waals surface area (Å²) in [6.45, 7) is 4.35. The van der Waals surface area contributed by atoms with Crippen molar-refractivity contribution in [2.24, 2.45) is 0 Å². The fraction of sp³-hybridized carbons (Fsp3) is 0.462. The number of amides is 1. The number of benzene rings is 1. The van der Waals surface area contributed by atoms with E-state index in [-0.39, 0.29) is 24.0 Å². The number of likely N-dealkylation sites (tertiary alicyclic amines) is 1. The number of carbonyl (C=O) groups is 2. The number of aliphatic hydroxyl groups excluding tert-OH is 1. The summed E-state index contributed by atoms with van der Waals surface area (Å²) in [5.74, 6) is -0.0995. The van der Waals surface area contributed by atoms with Crippen molar-refractivity contribution in [2.75, 3.05) is 6.54 Å². The maximum atomic E-state index is 12.5. The Morgan fingerprint density at radius 1 is 1.25 bits per heavy atom. The third-order valence-corrected chi connectivity index (χ3v) is 6.61. The van der Waals surface area contributed by atoms with Gasteiger partial charge in [-0.3, -0.25) is 4.79 Å². The summed E-state index contributed by atoms with van der Waals surface area (Å²) in [6, 6.07) is 13.7. The molecule has 2 aromatic rings. The standard InChI is InChI=1S/C26H33NO4S/c1-19(2)31-26(30)24-16-15-23(32-24)11-7-17-27-21(10-6-12-25(27)29)13-14-22(28)18-20-8-4-3-5-9-20/h3-5,8-9,13-16,19,21-22,28H,6-7,10-12,17-18H2,1-2H3/t21-,22-/m1/s1. The molecule has 0 radical (unpaired) electrons. The summed E-state index contributed by atoms with van der Waals surface area (Å²) in [7, 11) is 0. The summed E-state index contributed by atoms with van der Waals surface area (Å²) in [5.41, 5.74) is 1.09. The largest absolute Gasteiger partial charge is 0.459 e. The second kappa shape index (κ2) is 12.0. The summed E-state index contributed by atoms with van der Waals surface area (Å²) < 4.78 is 5.25. The number of hydrogen-bond donors (Lipinski definition) is 1. The Hall–Kier alpha value is -2.44. The normalized spacial score (nSPS) is 17.8. The molecule has 1 aliphatic heterocycles. The summed E-state index contributed by atoms with van der Waals surface area (Å²) >= 11 is 1.46. The second-order valence-electron chi connectivity index (χ2n) is 8.51. The van der Waals surface area contributed by atoms with Crippen LogP contribution in [0.25, 0.3) is 0 Å². The Morgan fingerprint density at radius 2 is 2.03 bits per heavy atom. The van der Waals surface area contributed by atoms with Crippen molar-refractivity contribution in [1.29, 1.82) is 0 Å². The monoisotopic (exact) mass is 455 g/mol. The molecule has 0 bridgehead atoms. The average Bonchev–Trinajstić information content (AvgIpc) is 3.23. The molecule has 1 saturated heterocycles. The topological polar surface area (TPSA) is 66.8 Å². The van der Waals surface area contributed by atoms with E-state index in [0.717, 1.165) is 36.1 Å². The number of aliphatic hydroxyl groups is 1. The van der Waals surface area contributed by atoms with Crippen molar-refractivity contribution in [3.8, 4) is 0 Å². The van der Waals surface area contributed by atoms with Crippen LogP contribution in [0.15, 0.2) is 54.6 Å². The Balaban J connectivity index is 1.51. The minimum absolute atomic E-state index is 0.0292. The fourth-order valence-electron chi connectivity index (χ4n) is 3.94. The minimum atomic E-state index is -0.564. The van der Waals surface area contributed by atoms with Crippen LogP contribution in [-0.2, 0) is 22.4 Å². The highest BCUT2D eigenvalue weighted by Crippen LogP contribution is 2.23. The molecule has 0 aliphatic carbocycles. The lowest BCUT2D eigenvalue weighted by atomic mass is 9.99. The van der Waals surface area contributed by atoms with Crippen LogP contribution in [0.4, 0.5) is 0 Å². The molecule has 1 fully saturated rings. The zero-order valence-corrected chi connectivity index (χ0v) is 19.7. The number of rotatable bonds is 10. The van der Waals surface area contributed by atoms with Crippen molar-refractivity contribution in [3.05, 3.63) is 69.9 Å². The third-order valence-electron chi connectivity index (χ3n) is 5.48. The Labute approximate surface area is 194 Å². The van der Waals surface area contributed by atoms with Crippen LogP contribution < -0.4 is 0 Å². The molecule has 2 atom stereocenters. The number of hydrogen-bond acceptors (Lipinski definition) is 5. The fourth-order valence-corrected chi connectivity index (χ4v) is 4.87. The number of aryl methyl sites for hydroxylation is 1. The van der Waals surface area contributed by atoms with E-state index < -0.39 is 6.10 Å². The van der Waals surface area contributed by atoms with Gasteiger partial charge in [-0.15, -0.1) is 11.3 Å². The molecule has 3 rings (SSSR count). The van der Waals surface area contributed by atoms with Crippen molar-refractivity contribution in [1.82, 2.24) is 4.90 Å². The molecule has 0 unspecified atom stereocenters. The molecule has 172 valence electrons. The molecule has 1 N–H and O–H groups in total. The molecule has 1 amide bonds. The molecule has 1 aromatic carbocycles. The lowest BCUT2D eigenvalue weighted by Crippen LogP contribution is -2.43. The minimum Gasteiger partial charge on any atom is -0.459 e. The first-order valence-corrected chi connectivity index (χ1v) is 12.2. The molecule has 1 aliphatic rings. The third kappa shape index (κ3) is 7.31. The van der Waals surface area contributed by atoms with Gasteiger partial charge in [0.05, 0.1) is 18.2 Å². The van der Waals surface area contributed by atoms with Gasteiger partial charge in [0.2, 0.25) is 5.91 Å². The van der Waals surface area contributed by atoms with Gasteiger partial charge >= 0.3 is 5.97 Å². The van der Waals surface area contributed by atoms with Gasteiger partial charge < -0.3 is 14.7 Å². The zero-order chi connectivity index (χ0) is 22.9. The van der Waals surface area contributed by atoms with E-state index >= 15 is 0 Å². The Kier molecular flexibility index (Phi) is 9.06. The van der Waals surface area contributed by atoms with E-state index in [2.05, 4.69) is 0 Å². The molecule has 2 heterocycles. The number of piperidine rings is 1. The molecular formula is C26H33NO4S. The van der Waals surface area contributed by atoms with Gasteiger partial charge in [0.25, 0.3) is 0 Å². The van der Waals surface area contributed by atoms with E-state index in [9.17, 15) is 14.7 Å². The number of thiophene rings is 1. The number of ether oxygens (including phenoxy) is 1. The maximum absolute atomic E-state index is 12.5. The molecule has 6 heteroatoms. The van der Waals surface area contributed by atoms with Gasteiger partial charge in [0, 0.05) is 24.3 Å². The van der Waals surface area contributed by atoms with E-state index in [0.29, 0.717) is 24.3 Å². The molecule has 5 nitrogen and oxygen atoms in total. The van der Waals surface area contributed by atoms with Crippen molar-refractivity contribution < 1.29 is 19.4 Å². The summed E-state index contributed by atoms with van der Waals surface area (Å²) in [4.78, 5) is 28.3. The summed E-state index contributed by atoms with van der Waals surface area (Å²) in [6.07, 6.45) is 7.74. The molecule has 0 saturated carbocycles. The van der Waals surface area contributed by atoms with Crippen molar-refractivity contribution in [3.63, 3.8) is 0 Å². The molecule has 1 aromatic heterocycles. The van der Waals surface area contributed by atoms with Gasteiger partial charge in [-0.05, 0) is 57.2 Å². The lowest BCUT2D eigenvalue weighted by molar-refractivity contribution is -0.135. The maximum Gasteiger partial charge on any atom is 0.348 e. The van der Waals surface area contributed by atoms with Gasteiger partial charge in [0.1, 0.15) is 4.88 Å². The van der Waals surface area contributed by atoms with Crippen LogP contribution >= 0.6 is 11.3 Å². The highest BCUT2D eigenvalue weighted by molar-refractivity contribution is 7.13. The van der Waals surface area contributed by atoms with Gasteiger partial charge in [0.15, 0.2) is 0 Å². The van der Waals surface area contributed by atoms with Crippen LogP contribution in [0.3, 0.4) is 0 Å². The zero-order valence-electron chi connectivity index (χ0n) is 18.9. The number of esters is 1. The van der Waals surface area contributed by atoms with E-state index in [1.807, 2.05) is 73.4 Å². The van der Waals surface area contributed by atoms with Crippen molar-refractivity contribution >= 4 is 23.2 Å². The summed E-state index contributed by atoms with van der Waals surface area (Å²) in [5, 5.41) is 10.4. The number of carbonyl (C=O) groups excluding carboxylic acids is 2. The second-order valence-corrected chi connectivity index (χ2v) is 9.68. The smallest absolute Gasteiger partial charge is 0.348 e. The van der Waals surface area contributed by atoms with Crippen LogP contribution in [0.1, 0.15) is 59.6 Å². The average molecular weight is 456 g/mol. The predicted molar refractivity (Wildman–Crippen MR) is 128 cm³/mol. The van der Waals surface area contributed by atoms with E-state index in [4.69, 9.17) is 4.74 Å². The number of nitrogens with zero attached hydrogens (tertiary/aromatic N) is 1. The highest BCUT2D eigenvalue weighted by atomic mass is 32.1. The first-order chi connectivity index (χ1) is 15.4. The van der Waals surface area contributed by atoms with Gasteiger partial charge in [-0.2, -0.15) is 0 Å². The van der Waals surface area contributed by atoms with Crippen LogP contribution in [0.2, 0.25) is 0 Å². The SMILES string of the molecule is CC(C)OC(=O)c1ccc(CCCN2C(=O)CCC[C@@H]2C=C[C@@H](O)Cc2ccccc2)s1. The molecule has 0 spiro atoms. The first-order valence-electron chi connectivity index (χ1n) is 11.4. The van der Waals surface area contributed by atoms with Crippen LogP contribution in [-0.4, -0.2) is 46.7 Å². The van der Waals surface area contributed by atoms with Crippen LogP contribution in [0, 0.1) is 0 Å². The quantitative estimate of drug-likeness (QED) is 0.413. The van der Waals surface area contributed by atoms with E-state index in [1.165, 1.54) is 11.3 Å². The van der Waals surface area contributed by atoms with Crippen molar-refractivity contribution in [2.45, 2.75) is 70.6 Å². The van der Waals surface area contributed by atoms with Gasteiger partial charge in [-0.1, -0.05) is 42.5 Å². The molecule has 32 heavy (non-hydrogen) atoms. The van der Waals surface area contributed by atoms with Crippen LogP contribution in [0.5, 0.6) is 0 Å². The highest BCUT2D eigenvalue weighted by Gasteiger charge is 2.26. The Morgan fingerprint density at radius 3 is 2.78 bits per heavy atom. The first kappa shape index (κ1) is 24.2. The predicted octanol–water partition coefficient (Wildman–Crippen LogP) is 4.79. The Bertz CT molecular complexity index is 906. The van der Waals surface area contributed by atoms with E-state index in [1.54, 1.807) is 0 Å². The molecular weight excluding hydrogens is 422 g/mol. The lowest BCUT2D eigenvalue weighted by Gasteiger charge is -2.34.